The van der Waals surface area contributed by atoms with Crippen LogP contribution in [-0.4, -0.2) is 55.3 Å². The van der Waals surface area contributed by atoms with Gasteiger partial charge >= 0.3 is 12.1 Å². The van der Waals surface area contributed by atoms with Gasteiger partial charge in [-0.1, -0.05) is 6.07 Å². The topological polar surface area (TPSA) is 150 Å². The first-order chi connectivity index (χ1) is 19.5. The fourth-order valence-corrected chi connectivity index (χ4v) is 5.83. The van der Waals surface area contributed by atoms with Gasteiger partial charge in [0, 0.05) is 41.6 Å². The fourth-order valence-electron chi connectivity index (χ4n) is 4.78. The van der Waals surface area contributed by atoms with Crippen molar-refractivity contribution in [2.75, 3.05) is 12.8 Å². The maximum absolute atomic E-state index is 10.6. The van der Waals surface area contributed by atoms with Crippen molar-refractivity contribution in [3.8, 4) is 22.5 Å². The predicted molar refractivity (Wildman–Crippen MR) is 146 cm³/mol. The summed E-state index contributed by atoms with van der Waals surface area (Å²) in [4.78, 5) is 18.0. The van der Waals surface area contributed by atoms with Crippen molar-refractivity contribution in [3.05, 3.63) is 47.9 Å². The Morgan fingerprint density at radius 3 is 2.63 bits per heavy atom. The summed E-state index contributed by atoms with van der Waals surface area (Å²) >= 11 is 1.60. The second-order valence-corrected chi connectivity index (χ2v) is 10.7. The van der Waals surface area contributed by atoms with Gasteiger partial charge < -0.3 is 25.1 Å². The molecular formula is C27H26F3N5O5S. The molecule has 41 heavy (non-hydrogen) atoms. The number of nitrogens with zero attached hydrogens (tertiary/aromatic N) is 4. The van der Waals surface area contributed by atoms with Crippen LogP contribution in [0.15, 0.2) is 47.3 Å². The van der Waals surface area contributed by atoms with Crippen molar-refractivity contribution in [1.82, 2.24) is 19.7 Å². The number of thiazole rings is 1. The number of carbonyl (C=O) groups is 1. The molecule has 1 aliphatic rings. The molecular weight excluding hydrogens is 563 g/mol. The smallest absolute Gasteiger partial charge is 0.475 e. The summed E-state index contributed by atoms with van der Waals surface area (Å²) in [5.74, 6) is -1.68. The van der Waals surface area contributed by atoms with Crippen molar-refractivity contribution >= 4 is 44.3 Å². The van der Waals surface area contributed by atoms with Crippen LogP contribution in [0.4, 0.5) is 19.0 Å². The van der Waals surface area contributed by atoms with Gasteiger partial charge in [-0.3, -0.25) is 4.68 Å². The van der Waals surface area contributed by atoms with E-state index < -0.39 is 12.1 Å². The molecule has 5 aromatic rings. The number of aromatic nitrogens is 4. The number of nitrogens with two attached hydrogens (primary N) is 1. The Kier molecular flexibility index (Phi) is 7.98. The molecule has 0 atom stereocenters. The van der Waals surface area contributed by atoms with E-state index >= 15 is 0 Å². The van der Waals surface area contributed by atoms with E-state index in [0.717, 1.165) is 68.7 Å². The first-order valence-corrected chi connectivity index (χ1v) is 13.4. The number of methoxy groups -OCH3 is 1. The molecule has 1 saturated carbocycles. The number of pyridine rings is 1. The largest absolute Gasteiger partial charge is 0.490 e. The summed E-state index contributed by atoms with van der Waals surface area (Å²) in [6, 6.07) is 8.35. The number of hydrogen-bond donors (Lipinski definition) is 3. The molecule has 4 N–H and O–H groups in total. The quantitative estimate of drug-likeness (QED) is 0.231. The molecule has 6 rings (SSSR count). The summed E-state index contributed by atoms with van der Waals surface area (Å²) in [5.41, 5.74) is 10.6. The number of furan rings is 1. The molecule has 0 amide bonds. The van der Waals surface area contributed by atoms with E-state index in [0.29, 0.717) is 24.0 Å². The van der Waals surface area contributed by atoms with Gasteiger partial charge in [0.2, 0.25) is 0 Å². The molecule has 1 fully saturated rings. The molecule has 0 unspecified atom stereocenters. The Morgan fingerprint density at radius 1 is 1.22 bits per heavy atom. The van der Waals surface area contributed by atoms with Gasteiger partial charge in [0.25, 0.3) is 0 Å². The third kappa shape index (κ3) is 6.04. The molecule has 0 spiro atoms. The lowest BCUT2D eigenvalue weighted by Gasteiger charge is -2.25. The highest BCUT2D eigenvalue weighted by Gasteiger charge is 2.38. The molecule has 4 heterocycles. The second kappa shape index (κ2) is 11.5. The molecule has 0 radical (unpaired) electrons. The first kappa shape index (κ1) is 28.5. The number of alkyl halides is 3. The van der Waals surface area contributed by atoms with Gasteiger partial charge in [0.15, 0.2) is 11.4 Å². The summed E-state index contributed by atoms with van der Waals surface area (Å²) < 4.78 is 46.3. The highest BCUT2D eigenvalue weighted by molar-refractivity contribution is 7.19. The molecule has 1 aromatic carbocycles. The monoisotopic (exact) mass is 589 g/mol. The number of nitrogen functional groups attached to an aromatic ring is 1. The van der Waals surface area contributed by atoms with Crippen molar-refractivity contribution in [1.29, 1.82) is 0 Å². The molecule has 216 valence electrons. The zero-order valence-corrected chi connectivity index (χ0v) is 22.6. The SMILES string of the molecule is COCc1nc2cccc(-c3cc4c(-c5cnn(C6CCC(O)CC6)c5)cnc(N)c4o3)c2s1.O=C(O)C(F)(F)F. The van der Waals surface area contributed by atoms with Crippen LogP contribution in [0.5, 0.6) is 0 Å². The third-order valence-electron chi connectivity index (χ3n) is 6.78. The van der Waals surface area contributed by atoms with Crippen LogP contribution in [0.1, 0.15) is 36.7 Å². The van der Waals surface area contributed by atoms with Gasteiger partial charge in [-0.05, 0) is 43.9 Å². The summed E-state index contributed by atoms with van der Waals surface area (Å²) in [7, 11) is 1.67. The lowest BCUT2D eigenvalue weighted by Crippen LogP contribution is -2.21. The van der Waals surface area contributed by atoms with Gasteiger partial charge in [0.05, 0.1) is 35.2 Å². The molecule has 10 nitrogen and oxygen atoms in total. The molecule has 0 aliphatic heterocycles. The zero-order chi connectivity index (χ0) is 29.3. The van der Waals surface area contributed by atoms with Gasteiger partial charge in [0.1, 0.15) is 10.8 Å². The predicted octanol–water partition coefficient (Wildman–Crippen LogP) is 5.81. The second-order valence-electron chi connectivity index (χ2n) is 9.58. The Hall–Kier alpha value is -4.01. The van der Waals surface area contributed by atoms with Crippen LogP contribution in [-0.2, 0) is 16.1 Å². The number of halogens is 3. The van der Waals surface area contributed by atoms with Gasteiger partial charge in [-0.15, -0.1) is 11.3 Å². The minimum absolute atomic E-state index is 0.190. The van der Waals surface area contributed by atoms with Crippen LogP contribution in [0.2, 0.25) is 0 Å². The Labute approximate surface area is 235 Å². The van der Waals surface area contributed by atoms with E-state index in [9.17, 15) is 18.3 Å². The minimum atomic E-state index is -5.08. The number of carboxylic acids is 1. The number of anilines is 1. The van der Waals surface area contributed by atoms with E-state index in [1.807, 2.05) is 35.1 Å². The highest BCUT2D eigenvalue weighted by Crippen LogP contribution is 2.40. The Bertz CT molecular complexity index is 1690. The van der Waals surface area contributed by atoms with Crippen LogP contribution < -0.4 is 5.73 Å². The maximum Gasteiger partial charge on any atom is 0.490 e. The standard InChI is InChI=1S/C25H25N5O3S.C2HF3O2/c1-32-13-22-29-20-4-2-3-17(24(20)34-22)21-9-18-19(11-27-25(26)23(18)33-21)14-10-28-30(12-14)15-5-7-16(31)8-6-15;3-2(4,5)1(6)7/h2-4,9-12,15-16,31H,5-8,13H2,1H3,(H2,26,27);(H,6,7). The highest BCUT2D eigenvalue weighted by atomic mass is 32.1. The van der Waals surface area contributed by atoms with Gasteiger partial charge in [-0.2, -0.15) is 18.3 Å². The van der Waals surface area contributed by atoms with E-state index in [1.165, 1.54) is 0 Å². The fraction of sp³-hybridized carbons (Fsp3) is 0.333. The summed E-state index contributed by atoms with van der Waals surface area (Å²) in [6.45, 7) is 0.476. The minimum Gasteiger partial charge on any atom is -0.475 e. The van der Waals surface area contributed by atoms with Crippen molar-refractivity contribution in [3.63, 3.8) is 0 Å². The maximum atomic E-state index is 10.6. The number of aliphatic carboxylic acids is 1. The number of aliphatic hydroxyl groups is 1. The zero-order valence-electron chi connectivity index (χ0n) is 21.8. The average Bonchev–Trinajstić information content (AvgIpc) is 3.68. The van der Waals surface area contributed by atoms with Crippen LogP contribution in [0.3, 0.4) is 0 Å². The van der Waals surface area contributed by atoms with Crippen molar-refractivity contribution in [2.45, 2.75) is 50.6 Å². The number of carboxylic acid groups (broad SMARTS) is 1. The molecule has 0 bridgehead atoms. The van der Waals surface area contributed by atoms with Crippen LogP contribution >= 0.6 is 11.3 Å². The average molecular weight is 590 g/mol. The lowest BCUT2D eigenvalue weighted by atomic mass is 9.93. The number of benzene rings is 1. The molecule has 4 aromatic heterocycles. The van der Waals surface area contributed by atoms with E-state index in [1.54, 1.807) is 24.6 Å². The molecule has 1 aliphatic carbocycles. The number of aliphatic hydroxyl groups excluding tert-OH is 1. The van der Waals surface area contributed by atoms with E-state index in [4.69, 9.17) is 24.8 Å². The Morgan fingerprint density at radius 2 is 1.95 bits per heavy atom. The summed E-state index contributed by atoms with van der Waals surface area (Å²) in [6.07, 6.45) is 3.92. The number of hydrogen-bond acceptors (Lipinski definition) is 9. The first-order valence-electron chi connectivity index (χ1n) is 12.6. The van der Waals surface area contributed by atoms with Crippen LogP contribution in [0.25, 0.3) is 43.6 Å². The normalized spacial score (nSPS) is 17.5. The number of rotatable bonds is 5. The molecule has 14 heteroatoms. The van der Waals surface area contributed by atoms with E-state index in [2.05, 4.69) is 21.3 Å². The van der Waals surface area contributed by atoms with E-state index in [-0.39, 0.29) is 6.10 Å². The third-order valence-corrected chi connectivity index (χ3v) is 7.85. The van der Waals surface area contributed by atoms with Crippen LogP contribution in [0, 0.1) is 0 Å². The lowest BCUT2D eigenvalue weighted by molar-refractivity contribution is -0.192. The van der Waals surface area contributed by atoms with Crippen molar-refractivity contribution < 1.29 is 37.3 Å². The molecule has 0 saturated heterocycles. The summed E-state index contributed by atoms with van der Waals surface area (Å²) in [5, 5.41) is 23.4. The van der Waals surface area contributed by atoms with Gasteiger partial charge in [-0.25, -0.2) is 14.8 Å². The Balaban J connectivity index is 0.000000431. The van der Waals surface area contributed by atoms with Crippen molar-refractivity contribution in [2.24, 2.45) is 0 Å². The number of ether oxygens (including phenoxy) is 1. The number of fused-ring (bicyclic) bond motifs is 2.